The number of aromatic nitrogens is 3. The summed E-state index contributed by atoms with van der Waals surface area (Å²) in [6, 6.07) is 4.98. The first-order valence-corrected chi connectivity index (χ1v) is 14.9. The number of aryl methyl sites for hydroxylation is 1. The predicted molar refractivity (Wildman–Crippen MR) is 147 cm³/mol. The van der Waals surface area contributed by atoms with Gasteiger partial charge in [0.15, 0.2) is 5.65 Å². The molecule has 2 aromatic heterocycles. The van der Waals surface area contributed by atoms with E-state index in [1.165, 1.54) is 23.1 Å². The van der Waals surface area contributed by atoms with E-state index in [9.17, 15) is 26.4 Å². The summed E-state index contributed by atoms with van der Waals surface area (Å²) in [6.07, 6.45) is -2.29. The fraction of sp³-hybridized carbons (Fsp3) is 0.480. The Morgan fingerprint density at radius 1 is 1.32 bits per heavy atom. The fourth-order valence-electron chi connectivity index (χ4n) is 4.74. The molecule has 0 saturated carbocycles. The summed E-state index contributed by atoms with van der Waals surface area (Å²) in [7, 11) is -3.76. The van der Waals surface area contributed by atoms with Gasteiger partial charge in [0.1, 0.15) is 5.82 Å². The molecular formula is C25H31ClF3N7O3S. The first-order chi connectivity index (χ1) is 18.6. The molecule has 3 N–H and O–H groups in total. The van der Waals surface area contributed by atoms with Crippen LogP contribution >= 0.6 is 11.6 Å². The number of halogens is 4. The second kappa shape index (κ2) is 11.4. The number of rotatable bonds is 9. The number of hydrogen-bond acceptors (Lipinski definition) is 7. The highest BCUT2D eigenvalue weighted by atomic mass is 35.5. The molecule has 0 bridgehead atoms. The zero-order valence-corrected chi connectivity index (χ0v) is 23.8. The summed E-state index contributed by atoms with van der Waals surface area (Å²) in [6.45, 7) is 4.73. The third-order valence-electron chi connectivity index (χ3n) is 6.67. The van der Waals surface area contributed by atoms with E-state index in [0.717, 1.165) is 30.6 Å². The molecule has 4 rings (SSSR count). The molecule has 1 fully saturated rings. The first-order valence-electron chi connectivity index (χ1n) is 12.6. The van der Waals surface area contributed by atoms with Gasteiger partial charge in [0.05, 0.1) is 29.2 Å². The molecule has 3 aromatic rings. The number of fused-ring (bicyclic) bond motifs is 1. The Morgan fingerprint density at radius 3 is 2.67 bits per heavy atom. The Labute approximate surface area is 235 Å². The Morgan fingerprint density at radius 2 is 2.05 bits per heavy atom. The molecule has 0 aliphatic carbocycles. The highest BCUT2D eigenvalue weighted by Crippen LogP contribution is 2.30. The number of carbonyl (C=O) groups is 1. The molecule has 1 saturated heterocycles. The molecule has 0 spiro atoms. The van der Waals surface area contributed by atoms with Crippen molar-refractivity contribution in [1.29, 1.82) is 0 Å². The topological polar surface area (TPSA) is 126 Å². The number of nitrogens with two attached hydrogens (primary N) is 1. The van der Waals surface area contributed by atoms with Crippen molar-refractivity contribution in [2.24, 2.45) is 5.73 Å². The summed E-state index contributed by atoms with van der Waals surface area (Å²) in [4.78, 5) is 21.9. The molecule has 1 aliphatic rings. The van der Waals surface area contributed by atoms with Crippen molar-refractivity contribution in [3.63, 3.8) is 0 Å². The Kier molecular flexibility index (Phi) is 8.52. The van der Waals surface area contributed by atoms with Crippen LogP contribution in [0.5, 0.6) is 0 Å². The van der Waals surface area contributed by atoms with Crippen molar-refractivity contribution in [3.8, 4) is 0 Å². The monoisotopic (exact) mass is 601 g/mol. The summed E-state index contributed by atoms with van der Waals surface area (Å²) in [5.74, 6) is 0.0735. The van der Waals surface area contributed by atoms with Gasteiger partial charge in [-0.1, -0.05) is 11.6 Å². The van der Waals surface area contributed by atoms with Crippen LogP contribution in [0.3, 0.4) is 0 Å². The lowest BCUT2D eigenvalue weighted by atomic mass is 10.1. The third kappa shape index (κ3) is 7.15. The molecule has 2 atom stereocenters. The normalized spacial score (nSPS) is 16.9. The smallest absolute Gasteiger partial charge is 0.355 e. The van der Waals surface area contributed by atoms with Gasteiger partial charge < -0.3 is 15.5 Å². The number of alkyl halides is 3. The maximum Gasteiger partial charge on any atom is 0.389 e. The van der Waals surface area contributed by atoms with E-state index in [2.05, 4.69) is 14.7 Å². The Hall–Kier alpha value is -3.10. The molecule has 3 heterocycles. The zero-order chi connectivity index (χ0) is 29.4. The van der Waals surface area contributed by atoms with Crippen LogP contribution in [0.15, 0.2) is 30.5 Å². The number of benzene rings is 1. The van der Waals surface area contributed by atoms with E-state index in [4.69, 9.17) is 22.3 Å². The second-order valence-corrected chi connectivity index (χ2v) is 12.3. The minimum Gasteiger partial charge on any atom is -0.355 e. The number of hydrogen-bond donors (Lipinski definition) is 2. The fourth-order valence-corrected chi connectivity index (χ4v) is 5.49. The maximum absolute atomic E-state index is 13.8. The largest absolute Gasteiger partial charge is 0.389 e. The molecule has 0 radical (unpaired) electrons. The lowest BCUT2D eigenvalue weighted by molar-refractivity contribution is -0.136. The predicted octanol–water partition coefficient (Wildman–Crippen LogP) is 4.15. The van der Waals surface area contributed by atoms with Crippen molar-refractivity contribution in [3.05, 3.63) is 52.3 Å². The molecule has 1 amide bonds. The minimum absolute atomic E-state index is 0.0364. The number of amides is 1. The van der Waals surface area contributed by atoms with E-state index >= 15 is 0 Å². The van der Waals surface area contributed by atoms with Gasteiger partial charge in [-0.05, 0) is 44.9 Å². The van der Waals surface area contributed by atoms with Crippen molar-refractivity contribution in [2.75, 3.05) is 35.5 Å². The average molecular weight is 602 g/mol. The van der Waals surface area contributed by atoms with Gasteiger partial charge in [0, 0.05) is 54.9 Å². The average Bonchev–Trinajstić information content (AvgIpc) is 3.45. The van der Waals surface area contributed by atoms with Crippen molar-refractivity contribution in [1.82, 2.24) is 19.5 Å². The van der Waals surface area contributed by atoms with Crippen LogP contribution in [0, 0.1) is 6.92 Å². The molecule has 0 unspecified atom stereocenters. The van der Waals surface area contributed by atoms with E-state index < -0.39 is 34.6 Å². The summed E-state index contributed by atoms with van der Waals surface area (Å²) in [5.41, 5.74) is 7.71. The van der Waals surface area contributed by atoms with Crippen LogP contribution in [0.1, 0.15) is 53.8 Å². The van der Waals surface area contributed by atoms with Crippen LogP contribution < -0.4 is 15.4 Å². The van der Waals surface area contributed by atoms with Crippen LogP contribution in [-0.2, 0) is 10.0 Å². The van der Waals surface area contributed by atoms with E-state index in [0.29, 0.717) is 17.9 Å². The molecule has 1 aliphatic heterocycles. The number of sulfonamides is 1. The van der Waals surface area contributed by atoms with Gasteiger partial charge >= 0.3 is 6.18 Å². The lowest BCUT2D eigenvalue weighted by Gasteiger charge is -2.29. The Bertz CT molecular complexity index is 1510. The van der Waals surface area contributed by atoms with Crippen LogP contribution in [0.25, 0.3) is 5.65 Å². The SMILES string of the molecule is Cc1cn2nc([C@H](C)N(CCCC(F)(F)F)C(=O)c3cc(Cl)ccc3NS(C)(=O)=O)cc2nc1N1CC[C@H](N)C1. The molecule has 15 heteroatoms. The molecule has 218 valence electrons. The third-order valence-corrected chi connectivity index (χ3v) is 7.50. The zero-order valence-electron chi connectivity index (χ0n) is 22.2. The van der Waals surface area contributed by atoms with Gasteiger partial charge in [-0.25, -0.2) is 17.9 Å². The molecular weight excluding hydrogens is 571 g/mol. The van der Waals surface area contributed by atoms with E-state index in [1.54, 1.807) is 23.7 Å². The van der Waals surface area contributed by atoms with E-state index in [-0.39, 0.29) is 35.3 Å². The second-order valence-electron chi connectivity index (χ2n) is 10.1. The summed E-state index contributed by atoms with van der Waals surface area (Å²) >= 11 is 6.11. The van der Waals surface area contributed by atoms with Crippen molar-refractivity contribution < 1.29 is 26.4 Å². The molecule has 40 heavy (non-hydrogen) atoms. The van der Waals surface area contributed by atoms with Gasteiger partial charge in [-0.2, -0.15) is 18.3 Å². The van der Waals surface area contributed by atoms with Gasteiger partial charge in [-0.3, -0.25) is 9.52 Å². The Balaban J connectivity index is 1.70. The van der Waals surface area contributed by atoms with Crippen LogP contribution in [0.2, 0.25) is 5.02 Å². The quantitative estimate of drug-likeness (QED) is 0.377. The maximum atomic E-state index is 13.8. The highest BCUT2D eigenvalue weighted by molar-refractivity contribution is 7.92. The van der Waals surface area contributed by atoms with Crippen molar-refractivity contribution in [2.45, 2.75) is 51.4 Å². The summed E-state index contributed by atoms with van der Waals surface area (Å²) < 4.78 is 66.6. The van der Waals surface area contributed by atoms with Gasteiger partial charge in [0.2, 0.25) is 10.0 Å². The number of nitrogens with one attached hydrogen (secondary N) is 1. The minimum atomic E-state index is -4.41. The number of carbonyl (C=O) groups excluding carboxylic acids is 1. The van der Waals surface area contributed by atoms with Crippen LogP contribution in [-0.4, -0.2) is 71.9 Å². The number of anilines is 2. The van der Waals surface area contributed by atoms with E-state index in [1.807, 2.05) is 6.92 Å². The van der Waals surface area contributed by atoms with Gasteiger partial charge in [0.25, 0.3) is 5.91 Å². The first kappa shape index (κ1) is 29.9. The van der Waals surface area contributed by atoms with Crippen molar-refractivity contribution >= 4 is 44.7 Å². The highest BCUT2D eigenvalue weighted by Gasteiger charge is 2.31. The lowest BCUT2D eigenvalue weighted by Crippen LogP contribution is -2.36. The van der Waals surface area contributed by atoms with Crippen LogP contribution in [0.4, 0.5) is 24.7 Å². The molecule has 1 aromatic carbocycles. The standard InChI is InChI=1S/C25H31ClF3N7O3S/c1-15-13-36-22(31-23(15)34-10-7-18(30)14-34)12-21(32-36)16(2)35(9-4-8-25(27,28)29)24(37)19-11-17(26)5-6-20(19)33-40(3,38)39/h5-6,11-13,16,18,33H,4,7-10,14,30H2,1-3H3/t16-,18-/m0/s1. The summed E-state index contributed by atoms with van der Waals surface area (Å²) in [5, 5.41) is 4.73. The number of nitrogens with zero attached hydrogens (tertiary/aromatic N) is 5. The van der Waals surface area contributed by atoms with Gasteiger partial charge in [-0.15, -0.1) is 0 Å². The molecule has 10 nitrogen and oxygen atoms in total.